The van der Waals surface area contributed by atoms with Crippen LogP contribution in [0.25, 0.3) is 0 Å². The first kappa shape index (κ1) is 17.0. The molecule has 0 aliphatic carbocycles. The maximum Gasteiger partial charge on any atom is 0.240 e. The van der Waals surface area contributed by atoms with Gasteiger partial charge in [0.05, 0.1) is 12.5 Å². The van der Waals surface area contributed by atoms with Gasteiger partial charge >= 0.3 is 0 Å². The molecule has 0 fully saturated rings. The third kappa shape index (κ3) is 6.48. The molecule has 0 saturated heterocycles. The molecular formula is C16H16BrN3O3. The number of hydrazone groups is 1. The molecular weight excluding hydrogens is 362 g/mol. The lowest BCUT2D eigenvalue weighted by molar-refractivity contribution is -0.121. The molecule has 2 amide bonds. The molecule has 0 aliphatic heterocycles. The van der Waals surface area contributed by atoms with Gasteiger partial charge < -0.3 is 9.73 Å². The molecule has 1 heterocycles. The number of rotatable bonds is 7. The van der Waals surface area contributed by atoms with E-state index in [0.717, 1.165) is 10.2 Å². The van der Waals surface area contributed by atoms with Gasteiger partial charge in [0.25, 0.3) is 0 Å². The number of halogens is 1. The third-order valence-electron chi connectivity index (χ3n) is 2.86. The van der Waals surface area contributed by atoms with E-state index in [2.05, 4.69) is 31.8 Å². The highest BCUT2D eigenvalue weighted by molar-refractivity contribution is 9.10. The van der Waals surface area contributed by atoms with Gasteiger partial charge in [-0.05, 0) is 42.8 Å². The molecule has 23 heavy (non-hydrogen) atoms. The van der Waals surface area contributed by atoms with E-state index in [0.29, 0.717) is 12.2 Å². The number of carbonyl (C=O) groups excluding carboxylic acids is 2. The van der Waals surface area contributed by atoms with Gasteiger partial charge in [0, 0.05) is 23.0 Å². The van der Waals surface area contributed by atoms with Gasteiger partial charge in [0.2, 0.25) is 11.8 Å². The molecule has 6 nitrogen and oxygen atoms in total. The number of amides is 2. The van der Waals surface area contributed by atoms with Crippen LogP contribution in [-0.4, -0.2) is 18.0 Å². The van der Waals surface area contributed by atoms with Crippen LogP contribution in [0.3, 0.4) is 0 Å². The van der Waals surface area contributed by atoms with E-state index in [1.165, 1.54) is 12.5 Å². The fourth-order valence-corrected chi connectivity index (χ4v) is 2.02. The summed E-state index contributed by atoms with van der Waals surface area (Å²) in [5, 5.41) is 6.54. The standard InChI is InChI=1S/C16H16BrN3O3/c17-12-6-8-13(9-7-12)19-15(21)4-1-5-16(22)20-18-11-14-3-2-10-23-14/h2-3,6-11H,1,4-5H2,(H,19,21)(H,20,22)/b18-11-. The maximum atomic E-state index is 11.8. The summed E-state index contributed by atoms with van der Waals surface area (Å²) in [5.74, 6) is 0.183. The third-order valence-corrected chi connectivity index (χ3v) is 3.39. The van der Waals surface area contributed by atoms with Crippen LogP contribution in [-0.2, 0) is 9.59 Å². The van der Waals surface area contributed by atoms with Crippen LogP contribution in [0.4, 0.5) is 5.69 Å². The number of furan rings is 1. The van der Waals surface area contributed by atoms with Crippen molar-refractivity contribution >= 4 is 39.6 Å². The molecule has 0 unspecified atom stereocenters. The highest BCUT2D eigenvalue weighted by Gasteiger charge is 2.05. The Morgan fingerprint density at radius 2 is 1.87 bits per heavy atom. The van der Waals surface area contributed by atoms with Crippen LogP contribution >= 0.6 is 15.9 Å². The predicted octanol–water partition coefficient (Wildman–Crippen LogP) is 3.30. The zero-order valence-electron chi connectivity index (χ0n) is 12.3. The largest absolute Gasteiger partial charge is 0.463 e. The minimum Gasteiger partial charge on any atom is -0.463 e. The Morgan fingerprint density at radius 1 is 1.13 bits per heavy atom. The number of hydrogen-bond donors (Lipinski definition) is 2. The predicted molar refractivity (Wildman–Crippen MR) is 91.1 cm³/mol. The normalized spacial score (nSPS) is 10.7. The molecule has 0 atom stereocenters. The lowest BCUT2D eigenvalue weighted by atomic mass is 10.2. The fourth-order valence-electron chi connectivity index (χ4n) is 1.75. The molecule has 1 aromatic carbocycles. The first-order valence-electron chi connectivity index (χ1n) is 7.04. The Balaban J connectivity index is 1.63. The van der Waals surface area contributed by atoms with Crippen molar-refractivity contribution in [2.75, 3.05) is 5.32 Å². The second-order valence-electron chi connectivity index (χ2n) is 4.72. The molecule has 0 spiro atoms. The summed E-state index contributed by atoms with van der Waals surface area (Å²) >= 11 is 3.33. The lowest BCUT2D eigenvalue weighted by Gasteiger charge is -2.05. The van der Waals surface area contributed by atoms with Gasteiger partial charge in [0.15, 0.2) is 0 Å². The highest BCUT2D eigenvalue weighted by Crippen LogP contribution is 2.14. The monoisotopic (exact) mass is 377 g/mol. The van der Waals surface area contributed by atoms with Crippen molar-refractivity contribution in [3.63, 3.8) is 0 Å². The molecule has 2 rings (SSSR count). The number of nitrogens with one attached hydrogen (secondary N) is 2. The van der Waals surface area contributed by atoms with E-state index in [1.807, 2.05) is 12.1 Å². The van der Waals surface area contributed by atoms with E-state index in [-0.39, 0.29) is 24.7 Å². The van der Waals surface area contributed by atoms with Gasteiger partial charge in [-0.3, -0.25) is 9.59 Å². The summed E-state index contributed by atoms with van der Waals surface area (Å²) < 4.78 is 5.98. The van der Waals surface area contributed by atoms with Crippen LogP contribution in [0.2, 0.25) is 0 Å². The Hall–Kier alpha value is -2.41. The number of anilines is 1. The summed E-state index contributed by atoms with van der Waals surface area (Å²) in [6, 6.07) is 10.8. The summed E-state index contributed by atoms with van der Waals surface area (Å²) in [6.07, 6.45) is 3.88. The second kappa shape index (κ2) is 8.89. The molecule has 1 aromatic heterocycles. The topological polar surface area (TPSA) is 83.7 Å². The first-order chi connectivity index (χ1) is 11.1. The van der Waals surface area contributed by atoms with Crippen molar-refractivity contribution in [1.29, 1.82) is 0 Å². The second-order valence-corrected chi connectivity index (χ2v) is 5.63. The number of nitrogens with zero attached hydrogens (tertiary/aromatic N) is 1. The summed E-state index contributed by atoms with van der Waals surface area (Å²) in [7, 11) is 0. The van der Waals surface area contributed by atoms with E-state index in [4.69, 9.17) is 4.42 Å². The minimum atomic E-state index is -0.246. The molecule has 0 aliphatic rings. The quantitative estimate of drug-likeness (QED) is 0.573. The molecule has 7 heteroatoms. The molecule has 0 bridgehead atoms. The molecule has 0 saturated carbocycles. The fraction of sp³-hybridized carbons (Fsp3) is 0.188. The lowest BCUT2D eigenvalue weighted by Crippen LogP contribution is -2.18. The van der Waals surface area contributed by atoms with Crippen LogP contribution < -0.4 is 10.7 Å². The number of carbonyl (C=O) groups is 2. The molecule has 0 radical (unpaired) electrons. The Morgan fingerprint density at radius 3 is 2.57 bits per heavy atom. The smallest absolute Gasteiger partial charge is 0.240 e. The zero-order valence-corrected chi connectivity index (χ0v) is 13.9. The number of hydrogen-bond acceptors (Lipinski definition) is 4. The maximum absolute atomic E-state index is 11.8. The SMILES string of the molecule is O=C(CCCC(=O)Nc1ccc(Br)cc1)N/N=C\c1ccco1. The van der Waals surface area contributed by atoms with Crippen molar-refractivity contribution in [3.8, 4) is 0 Å². The van der Waals surface area contributed by atoms with Crippen LogP contribution in [0.15, 0.2) is 56.7 Å². The average molecular weight is 378 g/mol. The van der Waals surface area contributed by atoms with E-state index >= 15 is 0 Å². The van der Waals surface area contributed by atoms with Gasteiger partial charge in [0.1, 0.15) is 5.76 Å². The summed E-state index contributed by atoms with van der Waals surface area (Å²) in [6.45, 7) is 0. The minimum absolute atomic E-state index is 0.126. The number of benzene rings is 1. The van der Waals surface area contributed by atoms with Crippen molar-refractivity contribution in [1.82, 2.24) is 5.43 Å². The summed E-state index contributed by atoms with van der Waals surface area (Å²) in [5.41, 5.74) is 3.11. The van der Waals surface area contributed by atoms with E-state index in [9.17, 15) is 9.59 Å². The van der Waals surface area contributed by atoms with Gasteiger partial charge in [-0.1, -0.05) is 15.9 Å². The van der Waals surface area contributed by atoms with Crippen molar-refractivity contribution < 1.29 is 14.0 Å². The first-order valence-corrected chi connectivity index (χ1v) is 7.83. The Kier molecular flexibility index (Phi) is 6.56. The van der Waals surface area contributed by atoms with Crippen LogP contribution in [0.1, 0.15) is 25.0 Å². The zero-order chi connectivity index (χ0) is 16.5. The molecule has 120 valence electrons. The van der Waals surface area contributed by atoms with E-state index in [1.54, 1.807) is 24.3 Å². The van der Waals surface area contributed by atoms with Gasteiger partial charge in [-0.15, -0.1) is 0 Å². The molecule has 2 N–H and O–H groups in total. The van der Waals surface area contributed by atoms with Crippen molar-refractivity contribution in [3.05, 3.63) is 52.9 Å². The Labute approximate surface area is 142 Å². The van der Waals surface area contributed by atoms with Crippen molar-refractivity contribution in [2.24, 2.45) is 5.10 Å². The van der Waals surface area contributed by atoms with Crippen LogP contribution in [0, 0.1) is 0 Å². The van der Waals surface area contributed by atoms with Crippen molar-refractivity contribution in [2.45, 2.75) is 19.3 Å². The van der Waals surface area contributed by atoms with Crippen LogP contribution in [0.5, 0.6) is 0 Å². The summed E-state index contributed by atoms with van der Waals surface area (Å²) in [4.78, 5) is 23.3. The highest BCUT2D eigenvalue weighted by atomic mass is 79.9. The Bertz CT molecular complexity index is 666. The van der Waals surface area contributed by atoms with E-state index < -0.39 is 0 Å². The molecule has 2 aromatic rings. The van der Waals surface area contributed by atoms with Gasteiger partial charge in [-0.25, -0.2) is 5.43 Å². The van der Waals surface area contributed by atoms with Gasteiger partial charge in [-0.2, -0.15) is 5.10 Å². The average Bonchev–Trinajstić information content (AvgIpc) is 3.03.